The van der Waals surface area contributed by atoms with Gasteiger partial charge in [-0.15, -0.1) is 0 Å². The zero-order valence-corrected chi connectivity index (χ0v) is 13.0. The van der Waals surface area contributed by atoms with E-state index in [0.717, 1.165) is 0 Å². The highest BCUT2D eigenvalue weighted by molar-refractivity contribution is 6.22. The van der Waals surface area contributed by atoms with Crippen LogP contribution in [0.2, 0.25) is 0 Å². The molecule has 0 aliphatic heterocycles. The summed E-state index contributed by atoms with van der Waals surface area (Å²) in [6, 6.07) is 0. The highest BCUT2D eigenvalue weighted by atomic mass is 13.6. The van der Waals surface area contributed by atoms with Crippen molar-refractivity contribution >= 4 is 7.85 Å². The summed E-state index contributed by atoms with van der Waals surface area (Å²) < 4.78 is 0. The van der Waals surface area contributed by atoms with Crippen molar-refractivity contribution in [2.45, 2.75) is 6.92 Å². The molecule has 0 unspecified atom stereocenters. The Morgan fingerprint density at radius 3 is 0.750 bits per heavy atom. The van der Waals surface area contributed by atoms with Crippen LogP contribution >= 0.6 is 0 Å². The average molecular weight is 292 g/mol. The molecule has 0 fully saturated rings. The number of hydrogen-bond acceptors (Lipinski definition) is 0. The maximum atomic E-state index is 2.63. The maximum Gasteiger partial charge on any atom is 0.196 e. The van der Waals surface area contributed by atoms with Gasteiger partial charge in [-0.1, -0.05) is 5.92 Å². The van der Waals surface area contributed by atoms with Gasteiger partial charge in [-0.05, 0) is 102 Å². The molecule has 0 aliphatic rings. The summed E-state index contributed by atoms with van der Waals surface area (Å²) in [6.45, 7) is 1.70. The second-order valence-electron chi connectivity index (χ2n) is 3.00. The van der Waals surface area contributed by atoms with Crippen molar-refractivity contribution in [2.24, 2.45) is 0 Å². The van der Waals surface area contributed by atoms with Crippen molar-refractivity contribution in [3.63, 3.8) is 0 Å². The minimum atomic E-state index is 1.70. The van der Waals surface area contributed by atoms with Crippen LogP contribution in [-0.4, -0.2) is 7.85 Å². The summed E-state index contributed by atoms with van der Waals surface area (Å²) in [4.78, 5) is 0. The zero-order valence-electron chi connectivity index (χ0n) is 13.0. The lowest BCUT2D eigenvalue weighted by atomic mass is 10.2. The Bertz CT molecular complexity index is 1070. The molecule has 0 aliphatic carbocycles. The third-order valence-electron chi connectivity index (χ3n) is 1.44. The second-order valence-corrected chi connectivity index (χ2v) is 3.00. The molecular formula is C23H5B. The van der Waals surface area contributed by atoms with Crippen molar-refractivity contribution < 1.29 is 0 Å². The normalized spacial score (nSPS) is 3.88. The van der Waals surface area contributed by atoms with Crippen molar-refractivity contribution in [3.05, 3.63) is 0 Å². The average Bonchev–Trinajstić information content (AvgIpc) is 2.60. The van der Waals surface area contributed by atoms with E-state index in [0.29, 0.717) is 0 Å². The lowest BCUT2D eigenvalue weighted by Crippen LogP contribution is -1.57. The van der Waals surface area contributed by atoms with Gasteiger partial charge in [0.05, 0.1) is 0 Å². The van der Waals surface area contributed by atoms with Crippen LogP contribution in [-0.2, 0) is 0 Å². The lowest BCUT2D eigenvalue weighted by Gasteiger charge is -1.57. The summed E-state index contributed by atoms with van der Waals surface area (Å²) in [6.07, 6.45) is 0. The largest absolute Gasteiger partial charge is 0.196 e. The molecule has 0 aromatic carbocycles. The van der Waals surface area contributed by atoms with Gasteiger partial charge in [-0.2, -0.15) is 5.82 Å². The Hall–Kier alpha value is -4.78. The van der Waals surface area contributed by atoms with Crippen LogP contribution < -0.4 is 0 Å². The van der Waals surface area contributed by atoms with Gasteiger partial charge in [0.2, 0.25) is 0 Å². The maximum absolute atomic E-state index is 2.63. The van der Waals surface area contributed by atoms with Crippen molar-refractivity contribution in [3.8, 4) is 130 Å². The Kier molecular flexibility index (Phi) is 14.6. The topological polar surface area (TPSA) is 0 Å². The van der Waals surface area contributed by atoms with Crippen LogP contribution in [0.15, 0.2) is 0 Å². The summed E-state index contributed by atoms with van der Waals surface area (Å²) in [5, 5.41) is 0. The third kappa shape index (κ3) is 17.2. The SMILES string of the molecule is BC#CC#CC#CC#CC#CC#CC#CC#CC#CC#CC#CC. The van der Waals surface area contributed by atoms with E-state index in [2.05, 4.69) is 130 Å². The highest BCUT2D eigenvalue weighted by Crippen LogP contribution is 1.59. The molecule has 0 aromatic rings. The van der Waals surface area contributed by atoms with Crippen LogP contribution in [0.1, 0.15) is 6.92 Å². The van der Waals surface area contributed by atoms with Crippen molar-refractivity contribution in [1.82, 2.24) is 0 Å². The van der Waals surface area contributed by atoms with Crippen molar-refractivity contribution in [1.29, 1.82) is 0 Å². The summed E-state index contributed by atoms with van der Waals surface area (Å²) in [7, 11) is 1.70. The van der Waals surface area contributed by atoms with Gasteiger partial charge in [-0.25, -0.2) is 0 Å². The Labute approximate surface area is 145 Å². The van der Waals surface area contributed by atoms with Crippen LogP contribution in [0.25, 0.3) is 0 Å². The molecule has 0 nitrogen and oxygen atoms in total. The molecule has 24 heavy (non-hydrogen) atoms. The minimum Gasteiger partial charge on any atom is -0.151 e. The summed E-state index contributed by atoms with van der Waals surface area (Å²) in [5.74, 6) is 55.6. The van der Waals surface area contributed by atoms with E-state index in [-0.39, 0.29) is 0 Å². The second kappa shape index (κ2) is 18.2. The molecule has 0 N–H and O–H groups in total. The van der Waals surface area contributed by atoms with Gasteiger partial charge >= 0.3 is 0 Å². The molecular weight excluding hydrogens is 287 g/mol. The van der Waals surface area contributed by atoms with Gasteiger partial charge in [0.25, 0.3) is 0 Å². The van der Waals surface area contributed by atoms with Gasteiger partial charge < -0.3 is 0 Å². The first-order chi connectivity index (χ1) is 11.9. The molecule has 0 spiro atoms. The Balaban J connectivity index is 4.39. The lowest BCUT2D eigenvalue weighted by molar-refractivity contribution is 1.92. The van der Waals surface area contributed by atoms with Crippen LogP contribution in [0, 0.1) is 130 Å². The van der Waals surface area contributed by atoms with Gasteiger partial charge in [0.15, 0.2) is 7.85 Å². The monoisotopic (exact) mass is 292 g/mol. The molecule has 0 amide bonds. The molecule has 0 radical (unpaired) electrons. The number of rotatable bonds is 0. The van der Waals surface area contributed by atoms with Gasteiger partial charge in [-0.3, -0.25) is 0 Å². The highest BCUT2D eigenvalue weighted by Gasteiger charge is 1.58. The predicted octanol–water partition coefficient (Wildman–Crippen LogP) is -0.366. The first kappa shape index (κ1) is 19.2. The zero-order chi connectivity index (χ0) is 17.6. The molecule has 0 heterocycles. The van der Waals surface area contributed by atoms with Crippen LogP contribution in [0.4, 0.5) is 0 Å². The van der Waals surface area contributed by atoms with E-state index in [9.17, 15) is 0 Å². The predicted molar refractivity (Wildman–Crippen MR) is 99.8 cm³/mol. The van der Waals surface area contributed by atoms with E-state index in [4.69, 9.17) is 0 Å². The molecule has 0 saturated carbocycles. The first-order valence-corrected chi connectivity index (χ1v) is 6.25. The quantitative estimate of drug-likeness (QED) is 0.422. The molecule has 0 rings (SSSR count). The van der Waals surface area contributed by atoms with Crippen molar-refractivity contribution in [2.75, 3.05) is 0 Å². The van der Waals surface area contributed by atoms with Crippen LogP contribution in [0.5, 0.6) is 0 Å². The fraction of sp³-hybridized carbons (Fsp3) is 0.0435. The van der Waals surface area contributed by atoms with Gasteiger partial charge in [0, 0.05) is 23.7 Å². The van der Waals surface area contributed by atoms with E-state index in [1.165, 1.54) is 0 Å². The molecule has 1 heteroatoms. The van der Waals surface area contributed by atoms with Gasteiger partial charge in [0.1, 0.15) is 0 Å². The molecule has 100 valence electrons. The molecule has 0 atom stereocenters. The standard InChI is InChI=1S/C23H5B/c1-2-3-4-5-6-7-8-9-10-11-12-13-14-15-16-17-18-19-20-21-22-23-24/h24H2,1H3. The fourth-order valence-corrected chi connectivity index (χ4v) is 0.688. The van der Waals surface area contributed by atoms with E-state index < -0.39 is 0 Å². The first-order valence-electron chi connectivity index (χ1n) is 6.25. The smallest absolute Gasteiger partial charge is 0.151 e. The van der Waals surface area contributed by atoms with E-state index in [1.807, 2.05) is 0 Å². The molecule has 0 aromatic heterocycles. The number of hydrogen-bond donors (Lipinski definition) is 0. The summed E-state index contributed by atoms with van der Waals surface area (Å²) >= 11 is 0. The summed E-state index contributed by atoms with van der Waals surface area (Å²) in [5.41, 5.74) is 0. The minimum absolute atomic E-state index is 1.70. The van der Waals surface area contributed by atoms with E-state index in [1.54, 1.807) is 14.8 Å². The fourth-order valence-electron chi connectivity index (χ4n) is 0.688. The molecule has 0 saturated heterocycles. The Morgan fingerprint density at radius 1 is 0.333 bits per heavy atom. The molecule has 0 bridgehead atoms. The Morgan fingerprint density at radius 2 is 0.542 bits per heavy atom. The van der Waals surface area contributed by atoms with E-state index >= 15 is 0 Å². The third-order valence-corrected chi connectivity index (χ3v) is 1.44. The van der Waals surface area contributed by atoms with Crippen LogP contribution in [0.3, 0.4) is 0 Å².